The largest absolute Gasteiger partial charge is 0.338 e. The number of carbonyl (C=O) groups is 1. The summed E-state index contributed by atoms with van der Waals surface area (Å²) in [5.74, 6) is 0. The van der Waals surface area contributed by atoms with E-state index in [1.165, 1.54) is 0 Å². The number of hydrogen-bond donors (Lipinski definition) is 2. The highest BCUT2D eigenvalue weighted by molar-refractivity contribution is 5.74. The summed E-state index contributed by atoms with van der Waals surface area (Å²) < 4.78 is 0. The van der Waals surface area contributed by atoms with E-state index in [1.54, 1.807) is 0 Å². The zero-order valence-corrected chi connectivity index (χ0v) is 9.02. The van der Waals surface area contributed by atoms with Gasteiger partial charge in [0.25, 0.3) is 0 Å². The molecule has 0 aromatic carbocycles. The first-order chi connectivity index (χ1) is 6.24. The van der Waals surface area contributed by atoms with Gasteiger partial charge in [-0.05, 0) is 19.3 Å². The molecular formula is C10H22N2O. The van der Waals surface area contributed by atoms with Crippen LogP contribution in [0.1, 0.15) is 46.5 Å². The van der Waals surface area contributed by atoms with E-state index in [9.17, 15) is 4.79 Å². The van der Waals surface area contributed by atoms with E-state index in [2.05, 4.69) is 24.5 Å². The zero-order valence-electron chi connectivity index (χ0n) is 9.02. The molecule has 0 saturated carbocycles. The SMILES string of the molecule is CCCNC(=O)NC(CC)CCC. The highest BCUT2D eigenvalue weighted by Gasteiger charge is 2.07. The van der Waals surface area contributed by atoms with E-state index in [1.807, 2.05) is 6.92 Å². The Bertz CT molecular complexity index is 137. The predicted octanol–water partition coefficient (Wildman–Crippen LogP) is 2.27. The summed E-state index contributed by atoms with van der Waals surface area (Å²) in [5, 5.41) is 5.76. The monoisotopic (exact) mass is 186 g/mol. The minimum absolute atomic E-state index is 0.0258. The van der Waals surface area contributed by atoms with Gasteiger partial charge in [-0.15, -0.1) is 0 Å². The molecule has 13 heavy (non-hydrogen) atoms. The molecule has 0 aliphatic rings. The minimum atomic E-state index is -0.0258. The number of carbonyl (C=O) groups excluding carboxylic acids is 1. The van der Waals surface area contributed by atoms with Crippen LogP contribution in [-0.2, 0) is 0 Å². The van der Waals surface area contributed by atoms with Crippen LogP contribution < -0.4 is 10.6 Å². The fourth-order valence-corrected chi connectivity index (χ4v) is 1.20. The van der Waals surface area contributed by atoms with Gasteiger partial charge < -0.3 is 10.6 Å². The second-order valence-corrected chi connectivity index (χ2v) is 3.29. The van der Waals surface area contributed by atoms with Gasteiger partial charge in [0.2, 0.25) is 0 Å². The Kier molecular flexibility index (Phi) is 7.45. The summed E-state index contributed by atoms with van der Waals surface area (Å²) in [7, 11) is 0. The molecule has 0 heterocycles. The van der Waals surface area contributed by atoms with Gasteiger partial charge in [-0.3, -0.25) is 0 Å². The van der Waals surface area contributed by atoms with Crippen LogP contribution in [0.5, 0.6) is 0 Å². The van der Waals surface area contributed by atoms with Crippen LogP contribution in [0.15, 0.2) is 0 Å². The third kappa shape index (κ3) is 6.43. The molecule has 0 saturated heterocycles. The van der Waals surface area contributed by atoms with Crippen molar-refractivity contribution in [3.63, 3.8) is 0 Å². The van der Waals surface area contributed by atoms with Crippen LogP contribution in [0.2, 0.25) is 0 Å². The summed E-state index contributed by atoms with van der Waals surface area (Å²) in [4.78, 5) is 11.2. The van der Waals surface area contributed by atoms with Gasteiger partial charge in [0, 0.05) is 12.6 Å². The van der Waals surface area contributed by atoms with Crippen LogP contribution in [0.3, 0.4) is 0 Å². The Morgan fingerprint density at radius 2 is 1.92 bits per heavy atom. The van der Waals surface area contributed by atoms with Crippen LogP contribution >= 0.6 is 0 Å². The van der Waals surface area contributed by atoms with Crippen molar-refractivity contribution in [1.82, 2.24) is 10.6 Å². The van der Waals surface area contributed by atoms with E-state index in [0.717, 1.165) is 32.2 Å². The van der Waals surface area contributed by atoms with Crippen molar-refractivity contribution in [2.24, 2.45) is 0 Å². The molecule has 0 aromatic heterocycles. The second-order valence-electron chi connectivity index (χ2n) is 3.29. The lowest BCUT2D eigenvalue weighted by molar-refractivity contribution is 0.235. The summed E-state index contributed by atoms with van der Waals surface area (Å²) in [6, 6.07) is 0.309. The molecule has 0 rings (SSSR count). The Balaban J connectivity index is 3.60. The molecule has 0 aliphatic heterocycles. The van der Waals surface area contributed by atoms with Crippen molar-refractivity contribution in [3.05, 3.63) is 0 Å². The third-order valence-corrected chi connectivity index (χ3v) is 2.00. The van der Waals surface area contributed by atoms with Crippen molar-refractivity contribution in [2.75, 3.05) is 6.54 Å². The average molecular weight is 186 g/mol. The molecule has 2 N–H and O–H groups in total. The number of amides is 2. The summed E-state index contributed by atoms with van der Waals surface area (Å²) >= 11 is 0. The lowest BCUT2D eigenvalue weighted by atomic mass is 10.1. The van der Waals surface area contributed by atoms with Crippen LogP contribution in [-0.4, -0.2) is 18.6 Å². The van der Waals surface area contributed by atoms with E-state index in [-0.39, 0.29) is 6.03 Å². The van der Waals surface area contributed by atoms with Gasteiger partial charge in [-0.2, -0.15) is 0 Å². The molecule has 0 fully saturated rings. The molecule has 0 radical (unpaired) electrons. The molecule has 0 bridgehead atoms. The van der Waals surface area contributed by atoms with Crippen molar-refractivity contribution in [2.45, 2.75) is 52.5 Å². The molecule has 2 amide bonds. The summed E-state index contributed by atoms with van der Waals surface area (Å²) in [6.45, 7) is 7.03. The van der Waals surface area contributed by atoms with Gasteiger partial charge in [0.05, 0.1) is 0 Å². The number of nitrogens with one attached hydrogen (secondary N) is 2. The van der Waals surface area contributed by atoms with Gasteiger partial charge in [-0.1, -0.05) is 27.2 Å². The summed E-state index contributed by atoms with van der Waals surface area (Å²) in [6.07, 6.45) is 4.17. The zero-order chi connectivity index (χ0) is 10.1. The predicted molar refractivity (Wildman–Crippen MR) is 55.8 cm³/mol. The van der Waals surface area contributed by atoms with Crippen LogP contribution in [0, 0.1) is 0 Å². The van der Waals surface area contributed by atoms with Crippen LogP contribution in [0.25, 0.3) is 0 Å². The molecule has 1 atom stereocenters. The summed E-state index contributed by atoms with van der Waals surface area (Å²) in [5.41, 5.74) is 0. The molecule has 78 valence electrons. The molecule has 1 unspecified atom stereocenters. The second kappa shape index (κ2) is 7.90. The first kappa shape index (κ1) is 12.3. The Morgan fingerprint density at radius 3 is 2.38 bits per heavy atom. The van der Waals surface area contributed by atoms with Gasteiger partial charge in [0.15, 0.2) is 0 Å². The Labute approximate surface area is 81.3 Å². The van der Waals surface area contributed by atoms with E-state index in [4.69, 9.17) is 0 Å². The fourth-order valence-electron chi connectivity index (χ4n) is 1.20. The topological polar surface area (TPSA) is 41.1 Å². The molecular weight excluding hydrogens is 164 g/mol. The highest BCUT2D eigenvalue weighted by atomic mass is 16.2. The fraction of sp³-hybridized carbons (Fsp3) is 0.900. The lowest BCUT2D eigenvalue weighted by Crippen LogP contribution is -2.42. The number of hydrogen-bond acceptors (Lipinski definition) is 1. The Morgan fingerprint density at radius 1 is 1.23 bits per heavy atom. The van der Waals surface area contributed by atoms with E-state index in [0.29, 0.717) is 6.04 Å². The average Bonchev–Trinajstić information content (AvgIpc) is 2.14. The number of urea groups is 1. The van der Waals surface area contributed by atoms with Crippen molar-refractivity contribution >= 4 is 6.03 Å². The maximum Gasteiger partial charge on any atom is 0.315 e. The molecule has 0 spiro atoms. The molecule has 0 aromatic rings. The molecule has 3 nitrogen and oxygen atoms in total. The Hall–Kier alpha value is -0.730. The van der Waals surface area contributed by atoms with Crippen molar-refractivity contribution in [3.8, 4) is 0 Å². The minimum Gasteiger partial charge on any atom is -0.338 e. The van der Waals surface area contributed by atoms with Gasteiger partial charge in [-0.25, -0.2) is 4.79 Å². The van der Waals surface area contributed by atoms with Crippen LogP contribution in [0.4, 0.5) is 4.79 Å². The van der Waals surface area contributed by atoms with Crippen molar-refractivity contribution < 1.29 is 4.79 Å². The first-order valence-electron chi connectivity index (χ1n) is 5.28. The van der Waals surface area contributed by atoms with Crippen molar-refractivity contribution in [1.29, 1.82) is 0 Å². The van der Waals surface area contributed by atoms with E-state index < -0.39 is 0 Å². The van der Waals surface area contributed by atoms with Gasteiger partial charge in [0.1, 0.15) is 0 Å². The standard InChI is InChI=1S/C10H22N2O/c1-4-7-9(6-3)12-10(13)11-8-5-2/h9H,4-8H2,1-3H3,(H2,11,12,13). The lowest BCUT2D eigenvalue weighted by Gasteiger charge is -2.16. The number of rotatable bonds is 6. The quantitative estimate of drug-likeness (QED) is 0.656. The first-order valence-corrected chi connectivity index (χ1v) is 5.28. The maximum atomic E-state index is 11.2. The van der Waals surface area contributed by atoms with E-state index >= 15 is 0 Å². The maximum absolute atomic E-state index is 11.2. The normalized spacial score (nSPS) is 12.2. The highest BCUT2D eigenvalue weighted by Crippen LogP contribution is 1.99. The molecule has 3 heteroatoms. The van der Waals surface area contributed by atoms with Gasteiger partial charge >= 0.3 is 6.03 Å². The third-order valence-electron chi connectivity index (χ3n) is 2.00. The molecule has 0 aliphatic carbocycles. The smallest absolute Gasteiger partial charge is 0.315 e.